The zero-order chi connectivity index (χ0) is 19.7. The summed E-state index contributed by atoms with van der Waals surface area (Å²) >= 11 is 12.1. The second kappa shape index (κ2) is 7.37. The van der Waals surface area contributed by atoms with Crippen molar-refractivity contribution in [2.24, 2.45) is 0 Å². The number of nitrogens with zero attached hydrogens (tertiary/aromatic N) is 6. The third kappa shape index (κ3) is 3.57. The first-order chi connectivity index (χ1) is 13.5. The van der Waals surface area contributed by atoms with Gasteiger partial charge < -0.3 is 5.32 Å². The van der Waals surface area contributed by atoms with Crippen LogP contribution in [0.5, 0.6) is 0 Å². The highest BCUT2D eigenvalue weighted by Gasteiger charge is 2.19. The highest BCUT2D eigenvalue weighted by molar-refractivity contribution is 6.31. The molecule has 0 aliphatic rings. The molecule has 0 saturated carbocycles. The molecule has 9 nitrogen and oxygen atoms in total. The van der Waals surface area contributed by atoms with Crippen LogP contribution in [0.1, 0.15) is 16.2 Å². The predicted octanol–water partition coefficient (Wildman–Crippen LogP) is 3.31. The molecule has 0 radical (unpaired) electrons. The number of carbonyl (C=O) groups is 1. The first kappa shape index (κ1) is 18.1. The minimum atomic E-state index is -0.446. The van der Waals surface area contributed by atoms with E-state index in [4.69, 9.17) is 23.2 Å². The summed E-state index contributed by atoms with van der Waals surface area (Å²) in [6, 6.07) is 12.0. The average Bonchev–Trinajstić information content (AvgIpc) is 3.32. The van der Waals surface area contributed by atoms with Gasteiger partial charge in [0, 0.05) is 15.6 Å². The lowest BCUT2D eigenvalue weighted by Crippen LogP contribution is -2.15. The Balaban J connectivity index is 1.66. The molecule has 0 bridgehead atoms. The molecule has 2 heterocycles. The summed E-state index contributed by atoms with van der Waals surface area (Å²) in [5.74, 6) is -0.121. The smallest absolute Gasteiger partial charge is 0.278 e. The molecule has 0 fully saturated rings. The number of nitrogens with one attached hydrogen (secondary N) is 2. The number of halogens is 2. The van der Waals surface area contributed by atoms with Crippen molar-refractivity contribution in [3.8, 4) is 17.1 Å². The Bertz CT molecular complexity index is 1160. The lowest BCUT2D eigenvalue weighted by molar-refractivity contribution is 0.102. The number of hydrogen-bond acceptors (Lipinski definition) is 6. The van der Waals surface area contributed by atoms with Crippen LogP contribution in [0.15, 0.2) is 42.5 Å². The molecule has 4 rings (SSSR count). The number of H-pyrrole nitrogens is 1. The predicted molar refractivity (Wildman–Crippen MR) is 104 cm³/mol. The summed E-state index contributed by atoms with van der Waals surface area (Å²) in [5, 5.41) is 26.2. The van der Waals surface area contributed by atoms with E-state index in [1.54, 1.807) is 49.4 Å². The van der Waals surface area contributed by atoms with Crippen LogP contribution in [0.2, 0.25) is 10.0 Å². The van der Waals surface area contributed by atoms with Gasteiger partial charge in [0.25, 0.3) is 5.91 Å². The highest BCUT2D eigenvalue weighted by Crippen LogP contribution is 2.28. The Hall–Kier alpha value is -3.30. The van der Waals surface area contributed by atoms with E-state index in [1.165, 1.54) is 4.80 Å². The Morgan fingerprint density at radius 3 is 2.68 bits per heavy atom. The Kier molecular flexibility index (Phi) is 4.76. The third-order valence-electron chi connectivity index (χ3n) is 3.85. The number of benzene rings is 2. The van der Waals surface area contributed by atoms with E-state index < -0.39 is 5.91 Å². The standard InChI is InChI=1S/C17H12Cl2N8O/c1-9-15(24-27(23-9)12-4-2-3-10(18)7-12)17(28)20-14-8-11(19)5-6-13(14)16-21-25-26-22-16/h2-8H,1H3,(H,20,28)(H,21,22,25,26). The summed E-state index contributed by atoms with van der Waals surface area (Å²) in [4.78, 5) is 14.2. The van der Waals surface area contributed by atoms with Crippen LogP contribution in [-0.2, 0) is 0 Å². The second-order valence-corrected chi connectivity index (χ2v) is 6.66. The largest absolute Gasteiger partial charge is 0.320 e. The van der Waals surface area contributed by atoms with Crippen LogP contribution >= 0.6 is 23.2 Å². The van der Waals surface area contributed by atoms with Gasteiger partial charge in [0.05, 0.1) is 17.1 Å². The van der Waals surface area contributed by atoms with Crippen molar-refractivity contribution in [2.45, 2.75) is 6.92 Å². The molecular formula is C17H12Cl2N8O. The molecule has 1 amide bonds. The average molecular weight is 415 g/mol. The Morgan fingerprint density at radius 1 is 1.11 bits per heavy atom. The number of tetrazole rings is 1. The second-order valence-electron chi connectivity index (χ2n) is 5.78. The third-order valence-corrected chi connectivity index (χ3v) is 4.32. The van der Waals surface area contributed by atoms with Crippen molar-refractivity contribution in [3.63, 3.8) is 0 Å². The Morgan fingerprint density at radius 2 is 1.93 bits per heavy atom. The number of amides is 1. The van der Waals surface area contributed by atoms with E-state index in [0.29, 0.717) is 38.5 Å². The van der Waals surface area contributed by atoms with E-state index in [2.05, 4.69) is 36.1 Å². The fourth-order valence-corrected chi connectivity index (χ4v) is 2.93. The highest BCUT2D eigenvalue weighted by atomic mass is 35.5. The summed E-state index contributed by atoms with van der Waals surface area (Å²) in [6.45, 7) is 1.70. The molecule has 0 unspecified atom stereocenters. The van der Waals surface area contributed by atoms with E-state index in [-0.39, 0.29) is 5.69 Å². The number of carbonyl (C=O) groups excluding carboxylic acids is 1. The normalized spacial score (nSPS) is 10.8. The molecule has 4 aromatic rings. The fourth-order valence-electron chi connectivity index (χ4n) is 2.58. The molecular weight excluding hydrogens is 403 g/mol. The van der Waals surface area contributed by atoms with Crippen LogP contribution in [0.25, 0.3) is 17.1 Å². The number of rotatable bonds is 4. The zero-order valence-electron chi connectivity index (χ0n) is 14.4. The van der Waals surface area contributed by atoms with Crippen molar-refractivity contribution >= 4 is 34.8 Å². The molecule has 0 atom stereocenters. The van der Waals surface area contributed by atoms with E-state index in [9.17, 15) is 4.79 Å². The van der Waals surface area contributed by atoms with Crippen LogP contribution in [0, 0.1) is 6.92 Å². The van der Waals surface area contributed by atoms with Gasteiger partial charge in [-0.3, -0.25) is 4.79 Å². The van der Waals surface area contributed by atoms with Gasteiger partial charge in [0.2, 0.25) is 5.82 Å². The zero-order valence-corrected chi connectivity index (χ0v) is 15.9. The van der Waals surface area contributed by atoms with Crippen molar-refractivity contribution < 1.29 is 4.79 Å². The first-order valence-corrected chi connectivity index (χ1v) is 8.81. The molecule has 140 valence electrons. The molecule has 0 aliphatic heterocycles. The van der Waals surface area contributed by atoms with Crippen molar-refractivity contribution in [1.29, 1.82) is 0 Å². The van der Waals surface area contributed by atoms with Gasteiger partial charge in [0.15, 0.2) is 5.69 Å². The quantitative estimate of drug-likeness (QED) is 0.529. The number of anilines is 1. The number of aromatic amines is 1. The van der Waals surface area contributed by atoms with Gasteiger partial charge in [-0.2, -0.15) is 15.1 Å². The van der Waals surface area contributed by atoms with E-state index >= 15 is 0 Å². The molecule has 2 aromatic carbocycles. The van der Waals surface area contributed by atoms with E-state index in [0.717, 1.165) is 0 Å². The minimum absolute atomic E-state index is 0.166. The fraction of sp³-hybridized carbons (Fsp3) is 0.0588. The molecule has 2 aromatic heterocycles. The minimum Gasteiger partial charge on any atom is -0.320 e. The molecule has 11 heteroatoms. The van der Waals surface area contributed by atoms with E-state index in [1.807, 2.05) is 0 Å². The molecule has 0 spiro atoms. The summed E-state index contributed by atoms with van der Waals surface area (Å²) in [6.07, 6.45) is 0. The summed E-state index contributed by atoms with van der Waals surface area (Å²) < 4.78 is 0. The van der Waals surface area contributed by atoms with Gasteiger partial charge in [-0.25, -0.2) is 0 Å². The summed E-state index contributed by atoms with van der Waals surface area (Å²) in [5.41, 5.74) is 2.26. The van der Waals surface area contributed by atoms with Gasteiger partial charge in [-0.05, 0) is 48.5 Å². The van der Waals surface area contributed by atoms with Gasteiger partial charge >= 0.3 is 0 Å². The van der Waals surface area contributed by atoms with Gasteiger partial charge in [-0.1, -0.05) is 29.3 Å². The van der Waals surface area contributed by atoms with Gasteiger partial charge in [0.1, 0.15) is 0 Å². The molecule has 0 aliphatic carbocycles. The number of aromatic nitrogens is 7. The lowest BCUT2D eigenvalue weighted by Gasteiger charge is -2.08. The monoisotopic (exact) mass is 414 g/mol. The van der Waals surface area contributed by atoms with Crippen LogP contribution in [0.3, 0.4) is 0 Å². The van der Waals surface area contributed by atoms with Gasteiger partial charge in [-0.15, -0.1) is 15.3 Å². The van der Waals surface area contributed by atoms with Crippen LogP contribution < -0.4 is 5.32 Å². The van der Waals surface area contributed by atoms with Crippen molar-refractivity contribution in [3.05, 3.63) is 63.9 Å². The first-order valence-electron chi connectivity index (χ1n) is 8.06. The topological polar surface area (TPSA) is 114 Å². The maximum Gasteiger partial charge on any atom is 0.278 e. The lowest BCUT2D eigenvalue weighted by atomic mass is 10.1. The maximum atomic E-state index is 12.8. The number of hydrogen-bond donors (Lipinski definition) is 2. The SMILES string of the molecule is Cc1nn(-c2cccc(Cl)c2)nc1C(=O)Nc1cc(Cl)ccc1-c1nn[nH]n1. The van der Waals surface area contributed by atoms with Crippen LogP contribution in [-0.4, -0.2) is 41.5 Å². The molecule has 28 heavy (non-hydrogen) atoms. The molecule has 0 saturated heterocycles. The molecule has 2 N–H and O–H groups in total. The number of aryl methyl sites for hydroxylation is 1. The van der Waals surface area contributed by atoms with Crippen LogP contribution in [0.4, 0.5) is 5.69 Å². The van der Waals surface area contributed by atoms with Crippen molar-refractivity contribution in [1.82, 2.24) is 35.6 Å². The summed E-state index contributed by atoms with van der Waals surface area (Å²) in [7, 11) is 0. The van der Waals surface area contributed by atoms with Crippen molar-refractivity contribution in [2.75, 3.05) is 5.32 Å². The maximum absolute atomic E-state index is 12.8. The Labute approximate surface area is 168 Å².